The number of thiocarbonyl (C=S) groups is 1. The van der Waals surface area contributed by atoms with E-state index >= 15 is 0 Å². The van der Waals surface area contributed by atoms with Gasteiger partial charge in [-0.2, -0.15) is 13.2 Å². The van der Waals surface area contributed by atoms with Gasteiger partial charge in [0.1, 0.15) is 0 Å². The van der Waals surface area contributed by atoms with Gasteiger partial charge in [0.15, 0.2) is 5.11 Å². The molecule has 7 heteroatoms. The molecule has 29 heavy (non-hydrogen) atoms. The zero-order valence-electron chi connectivity index (χ0n) is 15.4. The first-order valence-electron chi connectivity index (χ1n) is 8.80. The number of hydrogen-bond donors (Lipinski definition) is 2. The standard InChI is InChI=1S/C22H18ClF3N2S/c1-14-6-5-9-16(12-14)20(15-7-3-2-4-8-15)28-21(29)27-17-10-11-19(23)18(13-17)22(24,25)26/h2-13,20H,1H3,(H2,27,28,29)/t20-/m0/s1. The van der Waals surface area contributed by atoms with Crippen molar-refractivity contribution in [2.75, 3.05) is 5.32 Å². The molecule has 2 nitrogen and oxygen atoms in total. The van der Waals surface area contributed by atoms with Crippen molar-refractivity contribution in [1.29, 1.82) is 0 Å². The van der Waals surface area contributed by atoms with Crippen molar-refractivity contribution >= 4 is 34.6 Å². The summed E-state index contributed by atoms with van der Waals surface area (Å²) >= 11 is 11.1. The summed E-state index contributed by atoms with van der Waals surface area (Å²) in [5.74, 6) is 0. The lowest BCUT2D eigenvalue weighted by atomic mass is 9.97. The first kappa shape index (κ1) is 21.1. The Labute approximate surface area is 177 Å². The fraction of sp³-hybridized carbons (Fsp3) is 0.136. The summed E-state index contributed by atoms with van der Waals surface area (Å²) < 4.78 is 39.3. The second-order valence-corrected chi connectivity index (χ2v) is 7.36. The van der Waals surface area contributed by atoms with E-state index in [1.54, 1.807) is 0 Å². The number of aryl methyl sites for hydroxylation is 1. The monoisotopic (exact) mass is 434 g/mol. The molecule has 3 aromatic rings. The van der Waals surface area contributed by atoms with Crippen molar-refractivity contribution in [3.63, 3.8) is 0 Å². The van der Waals surface area contributed by atoms with Gasteiger partial charge in [-0.05, 0) is 48.5 Å². The highest BCUT2D eigenvalue weighted by molar-refractivity contribution is 7.80. The van der Waals surface area contributed by atoms with Crippen LogP contribution in [0.25, 0.3) is 0 Å². The van der Waals surface area contributed by atoms with E-state index < -0.39 is 11.7 Å². The summed E-state index contributed by atoms with van der Waals surface area (Å²) in [4.78, 5) is 0. The number of nitrogens with one attached hydrogen (secondary N) is 2. The van der Waals surface area contributed by atoms with E-state index in [2.05, 4.69) is 10.6 Å². The molecule has 0 heterocycles. The van der Waals surface area contributed by atoms with Crippen LogP contribution in [0.15, 0.2) is 72.8 Å². The van der Waals surface area contributed by atoms with Crippen molar-refractivity contribution in [2.45, 2.75) is 19.1 Å². The first-order chi connectivity index (χ1) is 13.7. The molecular formula is C22H18ClF3N2S. The zero-order valence-corrected chi connectivity index (χ0v) is 17.0. The Bertz CT molecular complexity index is 1010. The molecule has 3 rings (SSSR count). The molecule has 0 amide bonds. The average Bonchev–Trinajstić information content (AvgIpc) is 2.67. The van der Waals surface area contributed by atoms with Crippen LogP contribution in [-0.4, -0.2) is 5.11 Å². The minimum atomic E-state index is -4.54. The molecule has 0 saturated heterocycles. The molecule has 0 saturated carbocycles. The van der Waals surface area contributed by atoms with Crippen molar-refractivity contribution in [1.82, 2.24) is 5.32 Å². The summed E-state index contributed by atoms with van der Waals surface area (Å²) in [7, 11) is 0. The summed E-state index contributed by atoms with van der Waals surface area (Å²) in [6.07, 6.45) is -4.54. The Balaban J connectivity index is 1.84. The van der Waals surface area contributed by atoms with Gasteiger partial charge >= 0.3 is 6.18 Å². The molecule has 0 spiro atoms. The van der Waals surface area contributed by atoms with Gasteiger partial charge in [0.25, 0.3) is 0 Å². The van der Waals surface area contributed by atoms with Gasteiger partial charge in [-0.3, -0.25) is 0 Å². The van der Waals surface area contributed by atoms with Gasteiger partial charge in [-0.25, -0.2) is 0 Å². The maximum absolute atomic E-state index is 13.1. The highest BCUT2D eigenvalue weighted by Crippen LogP contribution is 2.36. The zero-order chi connectivity index (χ0) is 21.0. The lowest BCUT2D eigenvalue weighted by molar-refractivity contribution is -0.137. The van der Waals surface area contributed by atoms with Crippen molar-refractivity contribution in [3.05, 3.63) is 100 Å². The number of alkyl halides is 3. The average molecular weight is 435 g/mol. The van der Waals surface area contributed by atoms with Crippen LogP contribution in [0.1, 0.15) is 28.3 Å². The summed E-state index contributed by atoms with van der Waals surface area (Å²) in [6.45, 7) is 1.99. The second-order valence-electron chi connectivity index (χ2n) is 6.55. The predicted octanol–water partition coefficient (Wildman–Crippen LogP) is 6.74. The van der Waals surface area contributed by atoms with E-state index in [-0.39, 0.29) is 21.9 Å². The third kappa shape index (κ3) is 5.49. The minimum absolute atomic E-state index is 0.204. The van der Waals surface area contributed by atoms with E-state index in [9.17, 15) is 13.2 Å². The Hall–Kier alpha value is -2.57. The van der Waals surface area contributed by atoms with Crippen LogP contribution < -0.4 is 10.6 Å². The number of halogens is 4. The van der Waals surface area contributed by atoms with Gasteiger partial charge in [0, 0.05) is 5.69 Å². The van der Waals surface area contributed by atoms with E-state index in [1.165, 1.54) is 12.1 Å². The maximum atomic E-state index is 13.1. The lowest BCUT2D eigenvalue weighted by Crippen LogP contribution is -2.33. The molecule has 0 aromatic heterocycles. The van der Waals surface area contributed by atoms with Gasteiger partial charge in [0.2, 0.25) is 0 Å². The van der Waals surface area contributed by atoms with E-state index in [0.29, 0.717) is 0 Å². The van der Waals surface area contributed by atoms with E-state index in [4.69, 9.17) is 23.8 Å². The fourth-order valence-electron chi connectivity index (χ4n) is 2.97. The molecule has 3 aromatic carbocycles. The molecule has 0 aliphatic rings. The maximum Gasteiger partial charge on any atom is 0.417 e. The third-order valence-electron chi connectivity index (χ3n) is 4.31. The summed E-state index contributed by atoms with van der Waals surface area (Å²) in [6, 6.07) is 21.0. The predicted molar refractivity (Wildman–Crippen MR) is 115 cm³/mol. The molecule has 0 fully saturated rings. The topological polar surface area (TPSA) is 24.1 Å². The van der Waals surface area contributed by atoms with Crippen LogP contribution in [0, 0.1) is 6.92 Å². The molecule has 0 unspecified atom stereocenters. The largest absolute Gasteiger partial charge is 0.417 e. The molecule has 0 radical (unpaired) electrons. The Morgan fingerprint density at radius 1 is 0.931 bits per heavy atom. The highest BCUT2D eigenvalue weighted by atomic mass is 35.5. The van der Waals surface area contributed by atoms with Crippen molar-refractivity contribution in [2.24, 2.45) is 0 Å². The Morgan fingerprint density at radius 2 is 1.62 bits per heavy atom. The third-order valence-corrected chi connectivity index (χ3v) is 4.86. The quantitative estimate of drug-likeness (QED) is 0.444. The number of rotatable bonds is 4. The van der Waals surface area contributed by atoms with Gasteiger partial charge in [-0.15, -0.1) is 0 Å². The smallest absolute Gasteiger partial charge is 0.352 e. The van der Waals surface area contributed by atoms with Crippen LogP contribution in [0.2, 0.25) is 5.02 Å². The van der Waals surface area contributed by atoms with Crippen molar-refractivity contribution < 1.29 is 13.2 Å². The second kappa shape index (κ2) is 8.84. The van der Waals surface area contributed by atoms with Crippen LogP contribution in [0.4, 0.5) is 18.9 Å². The number of anilines is 1. The molecule has 150 valence electrons. The normalized spacial score (nSPS) is 12.3. The molecule has 0 bridgehead atoms. The lowest BCUT2D eigenvalue weighted by Gasteiger charge is -2.22. The van der Waals surface area contributed by atoms with Crippen LogP contribution in [0.5, 0.6) is 0 Å². The summed E-state index contributed by atoms with van der Waals surface area (Å²) in [5, 5.41) is 5.88. The molecule has 2 N–H and O–H groups in total. The van der Waals surface area contributed by atoms with Crippen LogP contribution >= 0.6 is 23.8 Å². The van der Waals surface area contributed by atoms with E-state index in [0.717, 1.165) is 22.8 Å². The van der Waals surface area contributed by atoms with Crippen LogP contribution in [0.3, 0.4) is 0 Å². The molecule has 0 aliphatic heterocycles. The molecular weight excluding hydrogens is 417 g/mol. The van der Waals surface area contributed by atoms with Gasteiger partial charge < -0.3 is 10.6 Å². The van der Waals surface area contributed by atoms with E-state index in [1.807, 2.05) is 61.5 Å². The fourth-order valence-corrected chi connectivity index (χ4v) is 3.43. The highest BCUT2D eigenvalue weighted by Gasteiger charge is 2.33. The summed E-state index contributed by atoms with van der Waals surface area (Å²) in [5.41, 5.74) is 2.36. The molecule has 0 aliphatic carbocycles. The van der Waals surface area contributed by atoms with Crippen molar-refractivity contribution in [3.8, 4) is 0 Å². The molecule has 1 atom stereocenters. The number of hydrogen-bond acceptors (Lipinski definition) is 1. The number of benzene rings is 3. The minimum Gasteiger partial charge on any atom is -0.352 e. The first-order valence-corrected chi connectivity index (χ1v) is 9.58. The Kier molecular flexibility index (Phi) is 6.45. The van der Waals surface area contributed by atoms with Gasteiger partial charge in [-0.1, -0.05) is 71.8 Å². The Morgan fingerprint density at radius 3 is 2.28 bits per heavy atom. The SMILES string of the molecule is Cc1cccc([C@@H](NC(=S)Nc2ccc(Cl)c(C(F)(F)F)c2)c2ccccc2)c1. The van der Waals surface area contributed by atoms with Gasteiger partial charge in [0.05, 0.1) is 16.6 Å². The van der Waals surface area contributed by atoms with Crippen LogP contribution in [-0.2, 0) is 6.18 Å².